The number of nitrogens with one attached hydrogen (secondary N) is 1. The highest BCUT2D eigenvalue weighted by Crippen LogP contribution is 2.33. The first-order valence-electron chi connectivity index (χ1n) is 5.88. The van der Waals surface area contributed by atoms with Gasteiger partial charge in [0.15, 0.2) is 4.77 Å². The third-order valence-electron chi connectivity index (χ3n) is 2.73. The zero-order chi connectivity index (χ0) is 14.9. The topological polar surface area (TPSA) is 33.6 Å². The molecule has 3 nitrogen and oxygen atoms in total. The maximum absolute atomic E-state index is 12.8. The van der Waals surface area contributed by atoms with Crippen molar-refractivity contribution in [2.24, 2.45) is 0 Å². The molecule has 0 radical (unpaired) electrons. The number of hydrogen-bond acceptors (Lipinski definition) is 2. The molecule has 0 fully saturated rings. The van der Waals surface area contributed by atoms with Gasteiger partial charge in [0.25, 0.3) is 0 Å². The highest BCUT2D eigenvalue weighted by atomic mass is 79.9. The van der Waals surface area contributed by atoms with E-state index in [-0.39, 0.29) is 4.77 Å². The number of hydrogen-bond donors (Lipinski definition) is 1. The number of aromatic amines is 1. The fourth-order valence-corrected chi connectivity index (χ4v) is 2.50. The lowest BCUT2D eigenvalue weighted by molar-refractivity contribution is -0.137. The maximum atomic E-state index is 12.8. The average molecular weight is 366 g/mol. The molecule has 1 aromatic carbocycles. The SMILES string of the molecule is CCCc1n[nH]c(=S)n1-c1cc(C(F)(F)F)ccc1Br. The molecule has 1 aromatic heterocycles. The van der Waals surface area contributed by atoms with Crippen LogP contribution in [0.3, 0.4) is 0 Å². The van der Waals surface area contributed by atoms with Crippen LogP contribution in [0.5, 0.6) is 0 Å². The van der Waals surface area contributed by atoms with Crippen molar-refractivity contribution < 1.29 is 13.2 Å². The van der Waals surface area contributed by atoms with E-state index in [1.807, 2.05) is 6.92 Å². The molecule has 1 N–H and O–H groups in total. The van der Waals surface area contributed by atoms with E-state index in [0.29, 0.717) is 22.4 Å². The van der Waals surface area contributed by atoms with Crippen LogP contribution in [0.2, 0.25) is 0 Å². The molecule has 20 heavy (non-hydrogen) atoms. The minimum atomic E-state index is -4.40. The molecule has 0 aliphatic heterocycles. The lowest BCUT2D eigenvalue weighted by atomic mass is 10.2. The Kier molecular flexibility index (Phi) is 4.33. The van der Waals surface area contributed by atoms with Gasteiger partial charge in [0.1, 0.15) is 5.82 Å². The molecule has 1 heterocycles. The molecule has 0 aliphatic rings. The molecular weight excluding hydrogens is 355 g/mol. The summed E-state index contributed by atoms with van der Waals surface area (Å²) in [5, 5.41) is 6.68. The molecule has 2 rings (SSSR count). The third kappa shape index (κ3) is 2.95. The van der Waals surface area contributed by atoms with Crippen LogP contribution in [0.1, 0.15) is 24.7 Å². The Labute approximate surface area is 126 Å². The molecule has 0 unspecified atom stereocenters. The van der Waals surface area contributed by atoms with Crippen LogP contribution in [0.15, 0.2) is 22.7 Å². The molecule has 0 saturated heterocycles. The molecular formula is C12H11BrF3N3S. The third-order valence-corrected chi connectivity index (χ3v) is 3.67. The van der Waals surface area contributed by atoms with E-state index in [0.717, 1.165) is 18.6 Å². The predicted molar refractivity (Wildman–Crippen MR) is 75.4 cm³/mol. The second kappa shape index (κ2) is 5.69. The zero-order valence-electron chi connectivity index (χ0n) is 10.5. The summed E-state index contributed by atoms with van der Waals surface area (Å²) in [4.78, 5) is 0. The lowest BCUT2D eigenvalue weighted by Crippen LogP contribution is -2.08. The largest absolute Gasteiger partial charge is 0.416 e. The molecule has 0 spiro atoms. The minimum absolute atomic E-state index is 0.272. The predicted octanol–water partition coefficient (Wildman–Crippen LogP) is 4.66. The van der Waals surface area contributed by atoms with E-state index in [2.05, 4.69) is 26.1 Å². The summed E-state index contributed by atoms with van der Waals surface area (Å²) < 4.78 is 40.8. The van der Waals surface area contributed by atoms with E-state index in [4.69, 9.17) is 12.2 Å². The van der Waals surface area contributed by atoms with Gasteiger partial charge in [-0.25, -0.2) is 0 Å². The van der Waals surface area contributed by atoms with Gasteiger partial charge in [0.05, 0.1) is 11.3 Å². The first-order chi connectivity index (χ1) is 9.34. The second-order valence-corrected chi connectivity index (χ2v) is 5.44. The van der Waals surface area contributed by atoms with Crippen LogP contribution >= 0.6 is 28.1 Å². The first kappa shape index (κ1) is 15.2. The van der Waals surface area contributed by atoms with Gasteiger partial charge in [-0.1, -0.05) is 6.92 Å². The number of aromatic nitrogens is 3. The Morgan fingerprint density at radius 2 is 2.10 bits per heavy atom. The van der Waals surface area contributed by atoms with Crippen molar-refractivity contribution in [3.8, 4) is 5.69 Å². The molecule has 2 aromatic rings. The van der Waals surface area contributed by atoms with Gasteiger partial charge >= 0.3 is 6.18 Å². The smallest absolute Gasteiger partial charge is 0.271 e. The fraction of sp³-hybridized carbons (Fsp3) is 0.333. The molecule has 0 amide bonds. The fourth-order valence-electron chi connectivity index (χ4n) is 1.83. The molecule has 0 saturated carbocycles. The van der Waals surface area contributed by atoms with Gasteiger partial charge in [0.2, 0.25) is 0 Å². The number of halogens is 4. The monoisotopic (exact) mass is 365 g/mol. The summed E-state index contributed by atoms with van der Waals surface area (Å²) in [6.07, 6.45) is -2.96. The van der Waals surface area contributed by atoms with Crippen molar-refractivity contribution in [1.82, 2.24) is 14.8 Å². The van der Waals surface area contributed by atoms with Crippen LogP contribution in [-0.4, -0.2) is 14.8 Å². The van der Waals surface area contributed by atoms with Crippen LogP contribution in [0.25, 0.3) is 5.69 Å². The summed E-state index contributed by atoms with van der Waals surface area (Å²) in [6.45, 7) is 1.96. The van der Waals surface area contributed by atoms with E-state index in [1.54, 1.807) is 0 Å². The van der Waals surface area contributed by atoms with Crippen LogP contribution in [-0.2, 0) is 12.6 Å². The summed E-state index contributed by atoms with van der Waals surface area (Å²) >= 11 is 8.37. The number of aryl methyl sites for hydroxylation is 1. The highest BCUT2D eigenvalue weighted by Gasteiger charge is 2.31. The first-order valence-corrected chi connectivity index (χ1v) is 7.08. The van der Waals surface area contributed by atoms with Gasteiger partial charge < -0.3 is 0 Å². The average Bonchev–Trinajstić information content (AvgIpc) is 2.70. The zero-order valence-corrected chi connectivity index (χ0v) is 12.9. The van der Waals surface area contributed by atoms with Gasteiger partial charge in [-0.15, -0.1) is 0 Å². The van der Waals surface area contributed by atoms with Crippen molar-refractivity contribution in [2.45, 2.75) is 25.9 Å². The molecule has 0 bridgehead atoms. The van der Waals surface area contributed by atoms with Crippen molar-refractivity contribution in [3.05, 3.63) is 38.8 Å². The number of H-pyrrole nitrogens is 1. The van der Waals surface area contributed by atoms with Gasteiger partial charge in [0, 0.05) is 10.9 Å². The Balaban J connectivity index is 2.63. The maximum Gasteiger partial charge on any atom is 0.416 e. The molecule has 108 valence electrons. The van der Waals surface area contributed by atoms with Gasteiger partial charge in [-0.2, -0.15) is 18.3 Å². The van der Waals surface area contributed by atoms with E-state index in [9.17, 15) is 13.2 Å². The minimum Gasteiger partial charge on any atom is -0.271 e. The molecule has 0 atom stereocenters. The number of nitrogens with zero attached hydrogens (tertiary/aromatic N) is 2. The van der Waals surface area contributed by atoms with E-state index < -0.39 is 11.7 Å². The summed E-state index contributed by atoms with van der Waals surface area (Å²) in [6, 6.07) is 3.45. The highest BCUT2D eigenvalue weighted by molar-refractivity contribution is 9.10. The molecule has 8 heteroatoms. The van der Waals surface area contributed by atoms with Crippen LogP contribution in [0.4, 0.5) is 13.2 Å². The summed E-state index contributed by atoms with van der Waals surface area (Å²) in [7, 11) is 0. The Morgan fingerprint density at radius 3 is 2.70 bits per heavy atom. The summed E-state index contributed by atoms with van der Waals surface area (Å²) in [5.74, 6) is 0.609. The number of rotatable bonds is 3. The Morgan fingerprint density at radius 1 is 1.40 bits per heavy atom. The van der Waals surface area contributed by atoms with Crippen molar-refractivity contribution >= 4 is 28.1 Å². The quantitative estimate of drug-likeness (QED) is 0.802. The van der Waals surface area contributed by atoms with E-state index >= 15 is 0 Å². The van der Waals surface area contributed by atoms with Crippen molar-refractivity contribution in [3.63, 3.8) is 0 Å². The Bertz CT molecular complexity index is 675. The standard InChI is InChI=1S/C12H11BrF3N3S/c1-2-3-10-17-18-11(20)19(10)9-6-7(12(14,15)16)4-5-8(9)13/h4-6H,2-3H2,1H3,(H,18,20). The Hall–Kier alpha value is -1.15. The van der Waals surface area contributed by atoms with Crippen LogP contribution in [0, 0.1) is 4.77 Å². The van der Waals surface area contributed by atoms with Crippen molar-refractivity contribution in [1.29, 1.82) is 0 Å². The van der Waals surface area contributed by atoms with Gasteiger partial charge in [-0.05, 0) is 52.8 Å². The summed E-state index contributed by atoms with van der Waals surface area (Å²) in [5.41, 5.74) is -0.386. The van der Waals surface area contributed by atoms with E-state index in [1.165, 1.54) is 10.6 Å². The van der Waals surface area contributed by atoms with Crippen molar-refractivity contribution in [2.75, 3.05) is 0 Å². The number of alkyl halides is 3. The normalized spacial score (nSPS) is 11.8. The lowest BCUT2D eigenvalue weighted by Gasteiger charge is -2.12. The van der Waals surface area contributed by atoms with Crippen LogP contribution < -0.4 is 0 Å². The number of benzene rings is 1. The van der Waals surface area contributed by atoms with Gasteiger partial charge in [-0.3, -0.25) is 9.67 Å². The molecule has 0 aliphatic carbocycles. The second-order valence-electron chi connectivity index (χ2n) is 4.19.